The summed E-state index contributed by atoms with van der Waals surface area (Å²) in [6, 6.07) is 0. The lowest BCUT2D eigenvalue weighted by Gasteiger charge is -2.24. The molecule has 0 bridgehead atoms. The number of carbonyl (C=O) groups is 3. The Hall–Kier alpha value is -2.61. The molecule has 0 saturated carbocycles. The van der Waals surface area contributed by atoms with Crippen molar-refractivity contribution in [1.82, 2.24) is 0 Å². The Kier molecular flexibility index (Phi) is 60.2. The summed E-state index contributed by atoms with van der Waals surface area (Å²) in [5.74, 6) is -0.893. The number of aliphatic hydroxyl groups is 6. The van der Waals surface area contributed by atoms with Gasteiger partial charge in [0.15, 0.2) is 6.10 Å². The molecule has 12 heteroatoms. The lowest BCUT2D eigenvalue weighted by atomic mass is 10.0. The van der Waals surface area contributed by atoms with Crippen molar-refractivity contribution in [1.29, 1.82) is 0 Å². The van der Waals surface area contributed by atoms with Crippen LogP contribution in [-0.4, -0.2) is 105 Å². The Morgan fingerprint density at radius 1 is 0.333 bits per heavy atom. The van der Waals surface area contributed by atoms with E-state index in [9.17, 15) is 14.4 Å². The van der Waals surface area contributed by atoms with Crippen LogP contribution in [0.25, 0.3) is 0 Å². The average Bonchev–Trinajstić information content (AvgIpc) is 3.41. The first-order valence-corrected chi connectivity index (χ1v) is 31.0. The van der Waals surface area contributed by atoms with Crippen LogP contribution >= 0.6 is 0 Å². The lowest BCUT2D eigenvalue weighted by molar-refractivity contribution is -0.167. The minimum absolute atomic E-state index is 0.0806. The zero-order chi connectivity index (χ0) is 55.5. The van der Waals surface area contributed by atoms with Crippen LogP contribution in [0.1, 0.15) is 290 Å². The summed E-state index contributed by atoms with van der Waals surface area (Å²) < 4.78 is 16.8. The number of ether oxygens (including phenoxy) is 3. The monoisotopic (exact) mass is 1070 g/mol. The normalized spacial score (nSPS) is 13.4. The first-order valence-electron chi connectivity index (χ1n) is 31.0. The van der Waals surface area contributed by atoms with Gasteiger partial charge < -0.3 is 44.8 Å². The van der Waals surface area contributed by atoms with E-state index in [1.807, 2.05) is 0 Å². The van der Waals surface area contributed by atoms with E-state index in [0.717, 1.165) is 77.0 Å². The van der Waals surface area contributed by atoms with E-state index in [4.69, 9.17) is 44.8 Å². The molecule has 0 saturated heterocycles. The first-order chi connectivity index (χ1) is 36.6. The van der Waals surface area contributed by atoms with Crippen LogP contribution in [0.4, 0.5) is 0 Å². The maximum absolute atomic E-state index is 12.8. The fourth-order valence-corrected chi connectivity index (χ4v) is 8.57. The van der Waals surface area contributed by atoms with E-state index >= 15 is 0 Å². The van der Waals surface area contributed by atoms with Gasteiger partial charge in [0, 0.05) is 19.3 Å². The summed E-state index contributed by atoms with van der Waals surface area (Å²) >= 11 is 0. The Morgan fingerprint density at radius 3 is 0.813 bits per heavy atom. The summed E-state index contributed by atoms with van der Waals surface area (Å²) in [5, 5.41) is 52.2. The third-order valence-electron chi connectivity index (χ3n) is 13.6. The van der Waals surface area contributed by atoms with Gasteiger partial charge in [-0.2, -0.15) is 0 Å². The predicted octanol–water partition coefficient (Wildman–Crippen LogP) is 14.5. The largest absolute Gasteiger partial charge is 0.462 e. The van der Waals surface area contributed by atoms with E-state index < -0.39 is 43.7 Å². The molecule has 4 unspecified atom stereocenters. The Labute approximate surface area is 459 Å². The SMILES string of the molecule is CCCCCCCC/C=C\CCCCCCCC(=O)OCC(COC(=O)CCCCCCC/C=C\CCCCCCCC)OC(=O)CCCCCCC/C=C\CCCCCCCC.OCC(O)C(O)C(O)C(O)CO. The van der Waals surface area contributed by atoms with Crippen molar-refractivity contribution in [2.75, 3.05) is 26.4 Å². The Morgan fingerprint density at radius 2 is 0.560 bits per heavy atom. The van der Waals surface area contributed by atoms with E-state index in [-0.39, 0.29) is 31.1 Å². The number of hydrogen-bond donors (Lipinski definition) is 6. The highest BCUT2D eigenvalue weighted by Crippen LogP contribution is 2.15. The van der Waals surface area contributed by atoms with Gasteiger partial charge >= 0.3 is 17.9 Å². The highest BCUT2D eigenvalue weighted by Gasteiger charge is 2.29. The van der Waals surface area contributed by atoms with Gasteiger partial charge in [-0.3, -0.25) is 14.4 Å². The number of allylic oxidation sites excluding steroid dienone is 6. The molecule has 0 rings (SSSR count). The van der Waals surface area contributed by atoms with Gasteiger partial charge in [-0.15, -0.1) is 0 Å². The van der Waals surface area contributed by atoms with Crippen molar-refractivity contribution < 1.29 is 59.2 Å². The number of carbonyl (C=O) groups excluding carboxylic acids is 3. The number of unbranched alkanes of at least 4 members (excludes halogenated alkanes) is 33. The van der Waals surface area contributed by atoms with Gasteiger partial charge in [-0.05, 0) is 96.3 Å². The second-order valence-electron chi connectivity index (χ2n) is 21.0. The Balaban J connectivity index is 0. The number of hydrogen-bond acceptors (Lipinski definition) is 12. The molecule has 0 aromatic rings. The molecular formula is C63H118O12. The van der Waals surface area contributed by atoms with Crippen LogP contribution in [0.2, 0.25) is 0 Å². The van der Waals surface area contributed by atoms with Crippen LogP contribution < -0.4 is 0 Å². The number of esters is 3. The van der Waals surface area contributed by atoms with Crippen molar-refractivity contribution in [3.8, 4) is 0 Å². The standard InChI is InChI=1S/C57H104O6.C6H14O6/c1-4-7-10-13-16-19-22-25-28-31-34-37-40-43-46-49-55(58)61-52-54(63-57(60)51-48-45-42-39-36-33-30-27-24-21-18-15-12-9-6-3)53-62-56(59)50-47-44-41-38-35-32-29-26-23-20-17-14-11-8-5-2;7-1-3(9)5(11)6(12)4(10)2-8/h25-30,54H,4-24,31-53H2,1-3H3;3-12H,1-2H2/b28-25-,29-26-,30-27-;. The van der Waals surface area contributed by atoms with E-state index in [2.05, 4.69) is 57.2 Å². The molecule has 0 spiro atoms. The van der Waals surface area contributed by atoms with E-state index in [0.29, 0.717) is 19.3 Å². The van der Waals surface area contributed by atoms with Gasteiger partial charge in [0.25, 0.3) is 0 Å². The predicted molar refractivity (Wildman–Crippen MR) is 308 cm³/mol. The average molecular weight is 1070 g/mol. The van der Waals surface area contributed by atoms with Gasteiger partial charge in [0.2, 0.25) is 0 Å². The second kappa shape index (κ2) is 60.6. The third kappa shape index (κ3) is 55.9. The second-order valence-corrected chi connectivity index (χ2v) is 21.0. The van der Waals surface area contributed by atoms with Crippen molar-refractivity contribution in [3.63, 3.8) is 0 Å². The zero-order valence-corrected chi connectivity index (χ0v) is 48.5. The van der Waals surface area contributed by atoms with Crippen LogP contribution in [0.5, 0.6) is 0 Å². The highest BCUT2D eigenvalue weighted by molar-refractivity contribution is 5.71. The summed E-state index contributed by atoms with van der Waals surface area (Å²) in [4.78, 5) is 38.0. The first kappa shape index (κ1) is 74.5. The van der Waals surface area contributed by atoms with Crippen molar-refractivity contribution in [2.24, 2.45) is 0 Å². The van der Waals surface area contributed by atoms with Gasteiger partial charge in [0.1, 0.15) is 37.6 Å². The fraction of sp³-hybridized carbons (Fsp3) is 0.857. The third-order valence-corrected chi connectivity index (χ3v) is 13.6. The molecule has 0 aliphatic heterocycles. The molecule has 75 heavy (non-hydrogen) atoms. The van der Waals surface area contributed by atoms with Crippen LogP contribution in [0.3, 0.4) is 0 Å². The topological polar surface area (TPSA) is 200 Å². The summed E-state index contributed by atoms with van der Waals surface area (Å²) in [6.45, 7) is 5.18. The molecule has 0 aliphatic carbocycles. The molecule has 6 N–H and O–H groups in total. The molecule has 0 aliphatic rings. The molecule has 12 nitrogen and oxygen atoms in total. The molecule has 0 aromatic carbocycles. The van der Waals surface area contributed by atoms with Crippen molar-refractivity contribution in [2.45, 2.75) is 321 Å². The molecular weight excluding hydrogens is 949 g/mol. The lowest BCUT2D eigenvalue weighted by Crippen LogP contribution is -2.46. The Bertz CT molecular complexity index is 1230. The maximum atomic E-state index is 12.8. The van der Waals surface area contributed by atoms with Crippen molar-refractivity contribution >= 4 is 17.9 Å². The summed E-state index contributed by atoms with van der Waals surface area (Å²) in [5.41, 5.74) is 0. The minimum Gasteiger partial charge on any atom is -0.462 e. The molecule has 0 fully saturated rings. The van der Waals surface area contributed by atoms with E-state index in [1.165, 1.54) is 173 Å². The molecule has 442 valence electrons. The molecule has 4 atom stereocenters. The smallest absolute Gasteiger partial charge is 0.306 e. The van der Waals surface area contributed by atoms with Crippen LogP contribution in [0.15, 0.2) is 36.5 Å². The molecule has 0 amide bonds. The summed E-state index contributed by atoms with van der Waals surface area (Å²) in [7, 11) is 0. The fourth-order valence-electron chi connectivity index (χ4n) is 8.57. The van der Waals surface area contributed by atoms with Crippen molar-refractivity contribution in [3.05, 3.63) is 36.5 Å². The molecule has 0 heterocycles. The van der Waals surface area contributed by atoms with Gasteiger partial charge in [-0.25, -0.2) is 0 Å². The number of aliphatic hydroxyl groups excluding tert-OH is 6. The maximum Gasteiger partial charge on any atom is 0.306 e. The van der Waals surface area contributed by atoms with Crippen LogP contribution in [0, 0.1) is 0 Å². The van der Waals surface area contributed by atoms with Crippen LogP contribution in [-0.2, 0) is 28.6 Å². The zero-order valence-electron chi connectivity index (χ0n) is 48.5. The molecule has 0 radical (unpaired) electrons. The highest BCUT2D eigenvalue weighted by atomic mass is 16.6. The van der Waals surface area contributed by atoms with Gasteiger partial charge in [-0.1, -0.05) is 211 Å². The van der Waals surface area contributed by atoms with E-state index in [1.54, 1.807) is 0 Å². The minimum atomic E-state index is -1.67. The quantitative estimate of drug-likeness (QED) is 0.0146. The number of rotatable bonds is 55. The molecule has 0 aromatic heterocycles. The summed E-state index contributed by atoms with van der Waals surface area (Å²) in [6.07, 6.45) is 54.8. The van der Waals surface area contributed by atoms with Gasteiger partial charge in [0.05, 0.1) is 13.2 Å².